The second-order valence-electron chi connectivity index (χ2n) is 3.10. The summed E-state index contributed by atoms with van der Waals surface area (Å²) in [7, 11) is 0. The van der Waals surface area contributed by atoms with Gasteiger partial charge in [0.15, 0.2) is 5.82 Å². The Labute approximate surface area is 79.4 Å². The molecule has 0 aliphatic rings. The normalized spacial score (nSPS) is 10.6. The number of hydrogen-bond donors (Lipinski definition) is 1. The van der Waals surface area contributed by atoms with Crippen LogP contribution < -0.4 is 5.32 Å². The molecule has 1 aromatic rings. The number of nitrogens with one attached hydrogen (secondary N) is 1. The maximum atomic E-state index is 4.31. The molecule has 74 valence electrons. The molecule has 0 bridgehead atoms. The molecule has 1 rings (SSSR count). The van der Waals surface area contributed by atoms with E-state index in [0.717, 1.165) is 38.3 Å². The van der Waals surface area contributed by atoms with Crippen molar-refractivity contribution in [2.24, 2.45) is 0 Å². The first-order chi connectivity index (χ1) is 6.36. The first-order valence-electron chi connectivity index (χ1n) is 4.95. The second-order valence-corrected chi connectivity index (χ2v) is 3.10. The van der Waals surface area contributed by atoms with Crippen LogP contribution in [-0.2, 0) is 13.1 Å². The van der Waals surface area contributed by atoms with Crippen molar-refractivity contribution in [3.63, 3.8) is 0 Å². The summed E-state index contributed by atoms with van der Waals surface area (Å²) in [5.41, 5.74) is 0. The summed E-state index contributed by atoms with van der Waals surface area (Å²) in [4.78, 5) is 4.20. The molecule has 4 nitrogen and oxygen atoms in total. The van der Waals surface area contributed by atoms with E-state index in [-0.39, 0.29) is 0 Å². The molecule has 0 amide bonds. The lowest BCUT2D eigenvalue weighted by atomic mass is 10.5. The van der Waals surface area contributed by atoms with Gasteiger partial charge >= 0.3 is 0 Å². The Balaban J connectivity index is 2.31. The fourth-order valence-electron chi connectivity index (χ4n) is 1.13. The summed E-state index contributed by atoms with van der Waals surface area (Å²) in [5, 5.41) is 7.58. The van der Waals surface area contributed by atoms with E-state index >= 15 is 0 Å². The summed E-state index contributed by atoms with van der Waals surface area (Å²) in [6.45, 7) is 7.06. The third-order valence-corrected chi connectivity index (χ3v) is 1.75. The van der Waals surface area contributed by atoms with E-state index in [4.69, 9.17) is 0 Å². The highest BCUT2D eigenvalue weighted by molar-refractivity contribution is 4.80. The Bertz CT molecular complexity index is 231. The van der Waals surface area contributed by atoms with Gasteiger partial charge in [0.1, 0.15) is 6.33 Å². The second kappa shape index (κ2) is 5.70. The number of nitrogens with zero attached hydrogens (tertiary/aromatic N) is 3. The largest absolute Gasteiger partial charge is 0.310 e. The lowest BCUT2D eigenvalue weighted by Gasteiger charge is -1.97. The zero-order valence-electron chi connectivity index (χ0n) is 8.45. The zero-order chi connectivity index (χ0) is 9.52. The summed E-state index contributed by atoms with van der Waals surface area (Å²) in [5.74, 6) is 0.891. The van der Waals surface area contributed by atoms with E-state index in [0.29, 0.717) is 0 Å². The van der Waals surface area contributed by atoms with Gasteiger partial charge < -0.3 is 5.32 Å². The summed E-state index contributed by atoms with van der Waals surface area (Å²) in [6.07, 6.45) is 4.05. The van der Waals surface area contributed by atoms with Crippen LogP contribution >= 0.6 is 0 Å². The van der Waals surface area contributed by atoms with E-state index in [1.54, 1.807) is 6.33 Å². The minimum absolute atomic E-state index is 0.782. The van der Waals surface area contributed by atoms with Crippen LogP contribution in [0, 0.1) is 0 Å². The highest BCUT2D eigenvalue weighted by Crippen LogP contribution is 1.91. The van der Waals surface area contributed by atoms with Gasteiger partial charge in [-0.3, -0.25) is 4.68 Å². The minimum atomic E-state index is 0.782. The highest BCUT2D eigenvalue weighted by atomic mass is 15.3. The van der Waals surface area contributed by atoms with Crippen LogP contribution in [-0.4, -0.2) is 21.3 Å². The molecule has 1 aromatic heterocycles. The van der Waals surface area contributed by atoms with Crippen molar-refractivity contribution in [1.82, 2.24) is 20.1 Å². The molecule has 0 saturated heterocycles. The van der Waals surface area contributed by atoms with Crippen LogP contribution in [0.1, 0.15) is 32.5 Å². The van der Waals surface area contributed by atoms with Gasteiger partial charge in [0.05, 0.1) is 6.54 Å². The topological polar surface area (TPSA) is 42.7 Å². The van der Waals surface area contributed by atoms with Gasteiger partial charge in [0.25, 0.3) is 0 Å². The van der Waals surface area contributed by atoms with E-state index in [2.05, 4.69) is 29.2 Å². The fourth-order valence-corrected chi connectivity index (χ4v) is 1.13. The quantitative estimate of drug-likeness (QED) is 0.672. The molecule has 0 aromatic carbocycles. The minimum Gasteiger partial charge on any atom is -0.310 e. The smallest absolute Gasteiger partial charge is 0.164 e. The summed E-state index contributed by atoms with van der Waals surface area (Å²) >= 11 is 0. The maximum absolute atomic E-state index is 4.31. The molecule has 0 spiro atoms. The molecule has 1 N–H and O–H groups in total. The van der Waals surface area contributed by atoms with Crippen LogP contribution in [0.15, 0.2) is 6.33 Å². The van der Waals surface area contributed by atoms with Gasteiger partial charge in [-0.2, -0.15) is 5.10 Å². The van der Waals surface area contributed by atoms with E-state index in [9.17, 15) is 0 Å². The van der Waals surface area contributed by atoms with Crippen LogP contribution in [0.3, 0.4) is 0 Å². The lowest BCUT2D eigenvalue weighted by molar-refractivity contribution is 0.581. The van der Waals surface area contributed by atoms with Crippen molar-refractivity contribution in [1.29, 1.82) is 0 Å². The van der Waals surface area contributed by atoms with Crippen molar-refractivity contribution in [2.75, 3.05) is 6.54 Å². The average molecular weight is 182 g/mol. The number of hydrogen-bond acceptors (Lipinski definition) is 3. The lowest BCUT2D eigenvalue weighted by Crippen LogP contribution is -2.15. The molecule has 13 heavy (non-hydrogen) atoms. The van der Waals surface area contributed by atoms with Crippen LogP contribution in [0.25, 0.3) is 0 Å². The Hall–Kier alpha value is -0.900. The maximum Gasteiger partial charge on any atom is 0.164 e. The van der Waals surface area contributed by atoms with Gasteiger partial charge in [-0.15, -0.1) is 0 Å². The predicted octanol–water partition coefficient (Wildman–Crippen LogP) is 1.19. The monoisotopic (exact) mass is 182 g/mol. The Morgan fingerprint density at radius 1 is 1.38 bits per heavy atom. The van der Waals surface area contributed by atoms with Crippen LogP contribution in [0.5, 0.6) is 0 Å². The third kappa shape index (κ3) is 3.55. The molecule has 4 heteroatoms. The number of aryl methyl sites for hydroxylation is 1. The van der Waals surface area contributed by atoms with Gasteiger partial charge in [0.2, 0.25) is 0 Å². The molecule has 0 aliphatic heterocycles. The third-order valence-electron chi connectivity index (χ3n) is 1.75. The first-order valence-corrected chi connectivity index (χ1v) is 4.95. The van der Waals surface area contributed by atoms with Gasteiger partial charge in [-0.05, 0) is 19.4 Å². The van der Waals surface area contributed by atoms with Gasteiger partial charge in [0, 0.05) is 6.54 Å². The fraction of sp³-hybridized carbons (Fsp3) is 0.778. The van der Waals surface area contributed by atoms with Crippen molar-refractivity contribution in [3.05, 3.63) is 12.2 Å². The van der Waals surface area contributed by atoms with Crippen molar-refractivity contribution in [2.45, 2.75) is 39.8 Å². The molecule has 0 atom stereocenters. The Morgan fingerprint density at radius 3 is 2.92 bits per heavy atom. The molecular weight excluding hydrogens is 164 g/mol. The standard InChI is InChI=1S/C9H18N4/c1-3-5-10-7-9-11-8-13(12-9)6-4-2/h8,10H,3-7H2,1-2H3. The van der Waals surface area contributed by atoms with Gasteiger partial charge in [-0.1, -0.05) is 13.8 Å². The Morgan fingerprint density at radius 2 is 2.23 bits per heavy atom. The predicted molar refractivity (Wildman–Crippen MR) is 52.3 cm³/mol. The van der Waals surface area contributed by atoms with Crippen LogP contribution in [0.4, 0.5) is 0 Å². The summed E-state index contributed by atoms with van der Waals surface area (Å²) in [6, 6.07) is 0. The average Bonchev–Trinajstić information content (AvgIpc) is 2.54. The zero-order valence-corrected chi connectivity index (χ0v) is 8.45. The van der Waals surface area contributed by atoms with E-state index < -0.39 is 0 Å². The summed E-state index contributed by atoms with van der Waals surface area (Å²) < 4.78 is 1.89. The van der Waals surface area contributed by atoms with Crippen LogP contribution in [0.2, 0.25) is 0 Å². The highest BCUT2D eigenvalue weighted by Gasteiger charge is 1.98. The molecule has 0 aliphatic carbocycles. The number of aromatic nitrogens is 3. The van der Waals surface area contributed by atoms with Crippen molar-refractivity contribution in [3.8, 4) is 0 Å². The molecule has 0 saturated carbocycles. The Kier molecular flexibility index (Phi) is 4.46. The van der Waals surface area contributed by atoms with Crippen molar-refractivity contribution >= 4 is 0 Å². The van der Waals surface area contributed by atoms with E-state index in [1.165, 1.54) is 0 Å². The van der Waals surface area contributed by atoms with Gasteiger partial charge in [-0.25, -0.2) is 4.98 Å². The van der Waals surface area contributed by atoms with Crippen molar-refractivity contribution < 1.29 is 0 Å². The molecule has 0 radical (unpaired) electrons. The number of rotatable bonds is 6. The molecule has 0 unspecified atom stereocenters. The molecular formula is C9H18N4. The molecule has 0 fully saturated rings. The molecule has 1 heterocycles. The van der Waals surface area contributed by atoms with E-state index in [1.807, 2.05) is 4.68 Å². The SMILES string of the molecule is CCCNCc1ncn(CCC)n1. The first kappa shape index (κ1) is 10.2.